The third-order valence-electron chi connectivity index (χ3n) is 3.68. The fraction of sp³-hybridized carbons (Fsp3) is 0.111. The second-order valence-corrected chi connectivity index (χ2v) is 6.31. The lowest BCUT2D eigenvalue weighted by atomic mass is 10.2. The number of methoxy groups -OCH3 is 1. The second-order valence-electron chi connectivity index (χ2n) is 5.37. The van der Waals surface area contributed by atoms with Crippen LogP contribution in [0.2, 0.25) is 0 Å². The fourth-order valence-electron chi connectivity index (χ4n) is 2.38. The van der Waals surface area contributed by atoms with Crippen LogP contribution in [0.25, 0.3) is 17.1 Å². The highest BCUT2D eigenvalue weighted by molar-refractivity contribution is 7.98. The molecule has 4 aromatic rings. The molecule has 2 aromatic heterocycles. The topological polar surface area (TPSA) is 78.9 Å². The molecule has 0 bridgehead atoms. The molecule has 0 saturated carbocycles. The molecule has 2 heterocycles. The van der Waals surface area contributed by atoms with Gasteiger partial charge in [-0.05, 0) is 46.8 Å². The maximum absolute atomic E-state index is 5.56. The van der Waals surface area contributed by atoms with E-state index < -0.39 is 0 Å². The van der Waals surface area contributed by atoms with Crippen molar-refractivity contribution in [2.24, 2.45) is 0 Å². The van der Waals surface area contributed by atoms with Crippen molar-refractivity contribution in [2.45, 2.75) is 10.9 Å². The van der Waals surface area contributed by atoms with Gasteiger partial charge in [-0.3, -0.25) is 0 Å². The number of tetrazole rings is 1. The van der Waals surface area contributed by atoms with E-state index in [4.69, 9.17) is 9.15 Å². The monoisotopic (exact) mass is 365 g/mol. The van der Waals surface area contributed by atoms with Gasteiger partial charge >= 0.3 is 0 Å². The highest BCUT2D eigenvalue weighted by Crippen LogP contribution is 2.25. The summed E-state index contributed by atoms with van der Waals surface area (Å²) in [5, 5.41) is 12.6. The zero-order valence-corrected chi connectivity index (χ0v) is 14.8. The average Bonchev–Trinajstić information content (AvgIpc) is 3.36. The third-order valence-corrected chi connectivity index (χ3v) is 4.63. The summed E-state index contributed by atoms with van der Waals surface area (Å²) in [6, 6.07) is 17.4. The Labute approximate surface area is 154 Å². The molecule has 4 rings (SSSR count). The van der Waals surface area contributed by atoms with Gasteiger partial charge in [0.25, 0.3) is 0 Å². The smallest absolute Gasteiger partial charge is 0.226 e. The first-order valence-corrected chi connectivity index (χ1v) is 8.87. The number of ether oxygens (including phenoxy) is 1. The Hall–Kier alpha value is -3.13. The van der Waals surface area contributed by atoms with Crippen molar-refractivity contribution < 1.29 is 9.15 Å². The van der Waals surface area contributed by atoms with E-state index in [2.05, 4.69) is 20.5 Å². The van der Waals surface area contributed by atoms with Crippen LogP contribution in [-0.4, -0.2) is 32.3 Å². The molecule has 0 atom stereocenters. The van der Waals surface area contributed by atoms with Gasteiger partial charge in [0.2, 0.25) is 11.0 Å². The highest BCUT2D eigenvalue weighted by Gasteiger charge is 2.12. The Balaban J connectivity index is 1.47. The lowest BCUT2D eigenvalue weighted by Gasteiger charge is -2.04. The van der Waals surface area contributed by atoms with Crippen molar-refractivity contribution in [3.8, 4) is 22.9 Å². The minimum Gasteiger partial charge on any atom is -0.497 e. The minimum atomic E-state index is 0.604. The number of hydrogen-bond donors (Lipinski definition) is 0. The number of nitrogens with zero attached hydrogens (tertiary/aromatic N) is 5. The van der Waals surface area contributed by atoms with Crippen LogP contribution in [0.5, 0.6) is 5.75 Å². The molecule has 0 fully saturated rings. The van der Waals surface area contributed by atoms with Crippen LogP contribution < -0.4 is 4.74 Å². The van der Waals surface area contributed by atoms with Crippen LogP contribution >= 0.6 is 11.8 Å². The first-order valence-electron chi connectivity index (χ1n) is 7.89. The van der Waals surface area contributed by atoms with Crippen LogP contribution in [0.4, 0.5) is 0 Å². The standard InChI is InChI=1S/C18H15N5O2S/c1-24-16-9-7-15(8-10-16)23-18(20-21-22-23)26-12-14-11-25-17(19-14)13-5-3-2-4-6-13/h2-11H,12H2,1H3. The Morgan fingerprint density at radius 1 is 1.08 bits per heavy atom. The Bertz CT molecular complexity index is 982. The SMILES string of the molecule is COc1ccc(-n2nnnc2SCc2coc(-c3ccccc3)n2)cc1. The Kier molecular flexibility index (Phi) is 4.65. The summed E-state index contributed by atoms with van der Waals surface area (Å²) < 4.78 is 12.4. The number of oxazole rings is 1. The summed E-state index contributed by atoms with van der Waals surface area (Å²) in [4.78, 5) is 4.52. The summed E-state index contributed by atoms with van der Waals surface area (Å²) in [5.41, 5.74) is 2.65. The maximum Gasteiger partial charge on any atom is 0.226 e. The van der Waals surface area contributed by atoms with Crippen LogP contribution in [0, 0.1) is 0 Å². The summed E-state index contributed by atoms with van der Waals surface area (Å²) >= 11 is 1.49. The van der Waals surface area contributed by atoms with Gasteiger partial charge < -0.3 is 9.15 Å². The number of benzene rings is 2. The first kappa shape index (κ1) is 16.3. The van der Waals surface area contributed by atoms with E-state index in [0.717, 1.165) is 22.7 Å². The van der Waals surface area contributed by atoms with E-state index in [-0.39, 0.29) is 0 Å². The largest absolute Gasteiger partial charge is 0.497 e. The van der Waals surface area contributed by atoms with Crippen molar-refractivity contribution in [3.63, 3.8) is 0 Å². The van der Waals surface area contributed by atoms with Crippen LogP contribution in [0.15, 0.2) is 70.4 Å². The summed E-state index contributed by atoms with van der Waals surface area (Å²) in [5.74, 6) is 2.00. The van der Waals surface area contributed by atoms with E-state index >= 15 is 0 Å². The maximum atomic E-state index is 5.56. The molecule has 0 aliphatic carbocycles. The molecule has 26 heavy (non-hydrogen) atoms. The number of thioether (sulfide) groups is 1. The molecule has 8 heteroatoms. The normalized spacial score (nSPS) is 10.8. The molecule has 0 radical (unpaired) electrons. The molecule has 0 aliphatic heterocycles. The van der Waals surface area contributed by atoms with Gasteiger partial charge in [-0.15, -0.1) is 5.10 Å². The molecule has 0 amide bonds. The van der Waals surface area contributed by atoms with Crippen molar-refractivity contribution >= 4 is 11.8 Å². The zero-order chi connectivity index (χ0) is 17.8. The first-order chi connectivity index (χ1) is 12.8. The third kappa shape index (κ3) is 3.45. The Morgan fingerprint density at radius 2 is 1.88 bits per heavy atom. The van der Waals surface area contributed by atoms with Gasteiger partial charge in [-0.2, -0.15) is 4.68 Å². The minimum absolute atomic E-state index is 0.604. The summed E-state index contributed by atoms with van der Waals surface area (Å²) in [6.07, 6.45) is 1.66. The molecular weight excluding hydrogens is 350 g/mol. The van der Waals surface area contributed by atoms with Gasteiger partial charge in [0.15, 0.2) is 0 Å². The van der Waals surface area contributed by atoms with Crippen molar-refractivity contribution in [3.05, 3.63) is 66.6 Å². The fourth-order valence-corrected chi connectivity index (χ4v) is 3.15. The predicted molar refractivity (Wildman–Crippen MR) is 97.2 cm³/mol. The van der Waals surface area contributed by atoms with Gasteiger partial charge in [0.05, 0.1) is 18.5 Å². The van der Waals surface area contributed by atoms with E-state index in [1.165, 1.54) is 11.8 Å². The van der Waals surface area contributed by atoms with Crippen molar-refractivity contribution in [2.75, 3.05) is 7.11 Å². The van der Waals surface area contributed by atoms with Crippen molar-refractivity contribution in [1.29, 1.82) is 0 Å². The quantitative estimate of drug-likeness (QED) is 0.483. The lowest BCUT2D eigenvalue weighted by molar-refractivity contribution is 0.414. The number of hydrogen-bond acceptors (Lipinski definition) is 7. The zero-order valence-electron chi connectivity index (χ0n) is 13.9. The Morgan fingerprint density at radius 3 is 2.65 bits per heavy atom. The molecule has 0 saturated heterocycles. The molecule has 130 valence electrons. The van der Waals surface area contributed by atoms with Gasteiger partial charge in [-0.1, -0.05) is 30.0 Å². The van der Waals surface area contributed by atoms with Crippen LogP contribution in [-0.2, 0) is 5.75 Å². The highest BCUT2D eigenvalue weighted by atomic mass is 32.2. The molecule has 7 nitrogen and oxygen atoms in total. The van der Waals surface area contributed by atoms with E-state index in [9.17, 15) is 0 Å². The average molecular weight is 365 g/mol. The number of aromatic nitrogens is 5. The van der Waals surface area contributed by atoms with E-state index in [0.29, 0.717) is 16.8 Å². The molecule has 0 N–H and O–H groups in total. The molecule has 0 unspecified atom stereocenters. The van der Waals surface area contributed by atoms with Gasteiger partial charge in [0, 0.05) is 11.3 Å². The van der Waals surface area contributed by atoms with Crippen LogP contribution in [0.1, 0.15) is 5.69 Å². The van der Waals surface area contributed by atoms with Gasteiger partial charge in [-0.25, -0.2) is 4.98 Å². The summed E-state index contributed by atoms with van der Waals surface area (Å²) in [7, 11) is 1.63. The lowest BCUT2D eigenvalue weighted by Crippen LogP contribution is -1.99. The summed E-state index contributed by atoms with van der Waals surface area (Å²) in [6.45, 7) is 0. The molecule has 0 aliphatic rings. The second kappa shape index (κ2) is 7.40. The van der Waals surface area contributed by atoms with E-state index in [1.54, 1.807) is 18.1 Å². The number of rotatable bonds is 6. The van der Waals surface area contributed by atoms with Crippen LogP contribution in [0.3, 0.4) is 0 Å². The van der Waals surface area contributed by atoms with Gasteiger partial charge in [0.1, 0.15) is 12.0 Å². The molecule has 0 spiro atoms. The van der Waals surface area contributed by atoms with E-state index in [1.807, 2.05) is 54.6 Å². The molecular formula is C18H15N5O2S. The predicted octanol–water partition coefficient (Wildman–Crippen LogP) is 3.62. The van der Waals surface area contributed by atoms with Crippen molar-refractivity contribution in [1.82, 2.24) is 25.2 Å². The molecule has 2 aromatic carbocycles.